The van der Waals surface area contributed by atoms with Crippen LogP contribution in [0.4, 0.5) is 13.2 Å². The van der Waals surface area contributed by atoms with Crippen molar-refractivity contribution in [3.8, 4) is 5.75 Å². The molecule has 2 rings (SSSR count). The number of halogens is 3. The van der Waals surface area contributed by atoms with E-state index in [1.54, 1.807) is 12.1 Å². The molecular formula is C18H23F3N2O5. The first-order valence-corrected chi connectivity index (χ1v) is 8.77. The van der Waals surface area contributed by atoms with E-state index in [0.717, 1.165) is 5.56 Å². The molecule has 1 aliphatic heterocycles. The standard InChI is InChI=1S/C18H23F3N2O5/c1-10-2-3-12(13(25)8-10)15(22)11-4-6-23(7-5-11)16(26)14(9-24)28-17(27)18(19,20)21/h2-3,8,11,14-15,24-25H,4-7,9,22H2,1H3/t14-,15-/m1/s1. The molecule has 0 saturated carbocycles. The number of likely N-dealkylation sites (tertiary alicyclic amines) is 1. The Balaban J connectivity index is 1.96. The van der Waals surface area contributed by atoms with Gasteiger partial charge in [-0.1, -0.05) is 12.1 Å². The van der Waals surface area contributed by atoms with Gasteiger partial charge in [0.25, 0.3) is 5.91 Å². The summed E-state index contributed by atoms with van der Waals surface area (Å²) >= 11 is 0. The number of nitrogens with zero attached hydrogens (tertiary/aromatic N) is 1. The van der Waals surface area contributed by atoms with Crippen LogP contribution in [0, 0.1) is 12.8 Å². The first kappa shape index (κ1) is 22.0. The van der Waals surface area contributed by atoms with E-state index in [1.807, 2.05) is 13.0 Å². The number of hydrogen-bond acceptors (Lipinski definition) is 6. The second-order valence-electron chi connectivity index (χ2n) is 6.83. The van der Waals surface area contributed by atoms with Crippen molar-refractivity contribution in [3.05, 3.63) is 29.3 Å². The molecule has 0 radical (unpaired) electrons. The van der Waals surface area contributed by atoms with Crippen LogP contribution in [0.15, 0.2) is 18.2 Å². The van der Waals surface area contributed by atoms with Gasteiger partial charge in [-0.05, 0) is 37.3 Å². The van der Waals surface area contributed by atoms with Crippen LogP contribution < -0.4 is 5.73 Å². The van der Waals surface area contributed by atoms with Gasteiger partial charge < -0.3 is 25.6 Å². The number of carbonyl (C=O) groups excluding carboxylic acids is 2. The molecule has 0 spiro atoms. The van der Waals surface area contributed by atoms with Crippen LogP contribution in [-0.2, 0) is 14.3 Å². The lowest BCUT2D eigenvalue weighted by atomic mass is 9.85. The zero-order valence-corrected chi connectivity index (χ0v) is 15.3. The van der Waals surface area contributed by atoms with Crippen molar-refractivity contribution >= 4 is 11.9 Å². The minimum absolute atomic E-state index is 0.0528. The number of hydrogen-bond donors (Lipinski definition) is 3. The number of aromatic hydroxyl groups is 1. The normalized spacial score (nSPS) is 17.9. The Morgan fingerprint density at radius 3 is 2.43 bits per heavy atom. The maximum atomic E-state index is 12.3. The van der Waals surface area contributed by atoms with Gasteiger partial charge in [-0.15, -0.1) is 0 Å². The summed E-state index contributed by atoms with van der Waals surface area (Å²) in [7, 11) is 0. The van der Waals surface area contributed by atoms with Crippen molar-refractivity contribution in [2.24, 2.45) is 11.7 Å². The summed E-state index contributed by atoms with van der Waals surface area (Å²) in [5.41, 5.74) is 7.72. The second kappa shape index (κ2) is 8.78. The van der Waals surface area contributed by atoms with Gasteiger partial charge in [-0.25, -0.2) is 4.79 Å². The minimum Gasteiger partial charge on any atom is -0.508 e. The number of phenols is 1. The molecule has 1 aliphatic rings. The van der Waals surface area contributed by atoms with Crippen molar-refractivity contribution < 1.29 is 37.7 Å². The molecule has 0 aliphatic carbocycles. The summed E-state index contributed by atoms with van der Waals surface area (Å²) in [6.07, 6.45) is -6.25. The highest BCUT2D eigenvalue weighted by Gasteiger charge is 2.44. The minimum atomic E-state index is -5.25. The summed E-state index contributed by atoms with van der Waals surface area (Å²) in [5, 5.41) is 19.2. The molecule has 7 nitrogen and oxygen atoms in total. The van der Waals surface area contributed by atoms with E-state index in [-0.39, 0.29) is 24.8 Å². The molecule has 0 unspecified atom stereocenters. The molecule has 156 valence electrons. The zero-order valence-electron chi connectivity index (χ0n) is 15.3. The van der Waals surface area contributed by atoms with E-state index in [0.29, 0.717) is 18.4 Å². The van der Waals surface area contributed by atoms with Gasteiger partial charge in [0.15, 0.2) is 0 Å². The maximum Gasteiger partial charge on any atom is 0.490 e. The molecule has 0 aromatic heterocycles. The zero-order chi connectivity index (χ0) is 21.1. The Kier molecular flexibility index (Phi) is 6.89. The summed E-state index contributed by atoms with van der Waals surface area (Å²) in [6.45, 7) is 1.16. The Morgan fingerprint density at radius 2 is 1.93 bits per heavy atom. The SMILES string of the molecule is Cc1ccc([C@H](N)C2CCN(C(=O)[C@@H](CO)OC(=O)C(F)(F)F)CC2)c(O)c1. The van der Waals surface area contributed by atoms with Crippen LogP contribution in [0.25, 0.3) is 0 Å². The molecule has 28 heavy (non-hydrogen) atoms. The van der Waals surface area contributed by atoms with Gasteiger partial charge >= 0.3 is 12.1 Å². The molecule has 2 atom stereocenters. The van der Waals surface area contributed by atoms with Crippen molar-refractivity contribution in [1.82, 2.24) is 4.90 Å². The fraction of sp³-hybridized carbons (Fsp3) is 0.556. The van der Waals surface area contributed by atoms with E-state index >= 15 is 0 Å². The number of alkyl halides is 3. The molecule has 1 aromatic carbocycles. The van der Waals surface area contributed by atoms with E-state index in [4.69, 9.17) is 10.8 Å². The Hall–Kier alpha value is -2.33. The van der Waals surface area contributed by atoms with Crippen LogP contribution in [-0.4, -0.2) is 59.0 Å². The average Bonchev–Trinajstić information content (AvgIpc) is 2.64. The second-order valence-corrected chi connectivity index (χ2v) is 6.83. The van der Waals surface area contributed by atoms with Gasteiger partial charge in [0.2, 0.25) is 6.10 Å². The van der Waals surface area contributed by atoms with Crippen molar-refractivity contribution in [2.45, 2.75) is 38.1 Å². The Labute approximate surface area is 159 Å². The molecule has 1 saturated heterocycles. The molecule has 1 amide bonds. The number of aliphatic hydroxyl groups is 1. The molecule has 10 heteroatoms. The Bertz CT molecular complexity index is 718. The molecule has 1 aromatic rings. The predicted molar refractivity (Wildman–Crippen MR) is 92.1 cm³/mol. The molecular weight excluding hydrogens is 381 g/mol. The first-order chi connectivity index (χ1) is 13.0. The number of aliphatic hydroxyl groups excluding tert-OH is 1. The molecule has 4 N–H and O–H groups in total. The van der Waals surface area contributed by atoms with E-state index < -0.39 is 36.8 Å². The number of piperidine rings is 1. The highest BCUT2D eigenvalue weighted by Crippen LogP contribution is 2.34. The van der Waals surface area contributed by atoms with Crippen molar-refractivity contribution in [1.29, 1.82) is 0 Å². The van der Waals surface area contributed by atoms with Crippen LogP contribution in [0.3, 0.4) is 0 Å². The molecule has 1 heterocycles. The number of phenolic OH excluding ortho intramolecular Hbond substituents is 1. The van der Waals surface area contributed by atoms with E-state index in [9.17, 15) is 27.9 Å². The van der Waals surface area contributed by atoms with Gasteiger partial charge in [-0.2, -0.15) is 13.2 Å². The fourth-order valence-electron chi connectivity index (χ4n) is 3.23. The lowest BCUT2D eigenvalue weighted by molar-refractivity contribution is -0.208. The summed E-state index contributed by atoms with van der Waals surface area (Å²) in [4.78, 5) is 24.4. The quantitative estimate of drug-likeness (QED) is 0.640. The number of amides is 1. The van der Waals surface area contributed by atoms with Crippen LogP contribution in [0.5, 0.6) is 5.75 Å². The van der Waals surface area contributed by atoms with Gasteiger partial charge in [0, 0.05) is 24.7 Å². The van der Waals surface area contributed by atoms with Gasteiger partial charge in [0.1, 0.15) is 5.75 Å². The molecule has 1 fully saturated rings. The lowest BCUT2D eigenvalue weighted by Gasteiger charge is -2.36. The fourth-order valence-corrected chi connectivity index (χ4v) is 3.23. The topological polar surface area (TPSA) is 113 Å². The lowest BCUT2D eigenvalue weighted by Crippen LogP contribution is -2.48. The first-order valence-electron chi connectivity index (χ1n) is 8.77. The number of nitrogens with two attached hydrogens (primary N) is 1. The summed E-state index contributed by atoms with van der Waals surface area (Å²) in [5.74, 6) is -3.37. The summed E-state index contributed by atoms with van der Waals surface area (Å²) in [6, 6.07) is 4.71. The smallest absolute Gasteiger partial charge is 0.490 e. The summed E-state index contributed by atoms with van der Waals surface area (Å²) < 4.78 is 41.0. The molecule has 0 bridgehead atoms. The van der Waals surface area contributed by atoms with Crippen molar-refractivity contribution in [3.63, 3.8) is 0 Å². The van der Waals surface area contributed by atoms with Crippen LogP contribution in [0.1, 0.15) is 30.0 Å². The number of benzene rings is 1. The van der Waals surface area contributed by atoms with Crippen LogP contribution in [0.2, 0.25) is 0 Å². The average molecular weight is 404 g/mol. The number of esters is 1. The highest BCUT2D eigenvalue weighted by atomic mass is 19.4. The van der Waals surface area contributed by atoms with Crippen LogP contribution >= 0.6 is 0 Å². The Morgan fingerprint density at radius 1 is 1.32 bits per heavy atom. The van der Waals surface area contributed by atoms with E-state index in [2.05, 4.69) is 4.74 Å². The van der Waals surface area contributed by atoms with Crippen molar-refractivity contribution in [2.75, 3.05) is 19.7 Å². The third-order valence-electron chi connectivity index (χ3n) is 4.83. The predicted octanol–water partition coefficient (Wildman–Crippen LogP) is 1.41. The monoisotopic (exact) mass is 404 g/mol. The number of ether oxygens (including phenoxy) is 1. The number of rotatable bonds is 5. The maximum absolute atomic E-state index is 12.3. The largest absolute Gasteiger partial charge is 0.508 e. The van der Waals surface area contributed by atoms with E-state index in [1.165, 1.54) is 4.90 Å². The number of aryl methyl sites for hydroxylation is 1. The highest BCUT2D eigenvalue weighted by molar-refractivity contribution is 5.85. The third kappa shape index (κ3) is 5.14. The van der Waals surface area contributed by atoms with Gasteiger partial charge in [0.05, 0.1) is 6.61 Å². The third-order valence-corrected chi connectivity index (χ3v) is 4.83. The number of carbonyl (C=O) groups is 2. The van der Waals surface area contributed by atoms with Gasteiger partial charge in [-0.3, -0.25) is 4.79 Å².